The maximum absolute atomic E-state index is 12.3. The van der Waals surface area contributed by atoms with Crippen molar-refractivity contribution in [2.45, 2.75) is 52.1 Å². The zero-order valence-corrected chi connectivity index (χ0v) is 19.7. The minimum absolute atomic E-state index is 0.0453. The number of hydrogen-bond donors (Lipinski definition) is 0. The zero-order chi connectivity index (χ0) is 22.1. The molecule has 1 aromatic carbocycles. The molecule has 0 aliphatic carbocycles. The minimum atomic E-state index is -0.475. The molecule has 8 nitrogen and oxygen atoms in total. The Balaban J connectivity index is 1.62. The predicted molar refractivity (Wildman–Crippen MR) is 118 cm³/mol. The van der Waals surface area contributed by atoms with Crippen LogP contribution in [0.2, 0.25) is 0 Å². The van der Waals surface area contributed by atoms with E-state index in [-0.39, 0.29) is 22.9 Å². The van der Waals surface area contributed by atoms with Gasteiger partial charge in [-0.05, 0) is 67.8 Å². The molecule has 1 aromatic rings. The smallest absolute Gasteiger partial charge is 0.410 e. The number of ether oxygens (including phenoxy) is 2. The summed E-state index contributed by atoms with van der Waals surface area (Å²) in [6, 6.07) is 3.25. The van der Waals surface area contributed by atoms with Crippen LogP contribution in [0.5, 0.6) is 5.75 Å². The number of halogens is 1. The van der Waals surface area contributed by atoms with Crippen LogP contribution in [-0.4, -0.2) is 54.8 Å². The Hall–Kier alpha value is -2.03. The summed E-state index contributed by atoms with van der Waals surface area (Å²) in [5.41, 5.74) is 0.637. The molecule has 2 heterocycles. The first-order valence-electron chi connectivity index (χ1n) is 10.3. The van der Waals surface area contributed by atoms with Crippen LogP contribution in [0.25, 0.3) is 0 Å². The highest BCUT2D eigenvalue weighted by Gasteiger charge is 2.40. The van der Waals surface area contributed by atoms with Crippen LogP contribution in [0.3, 0.4) is 0 Å². The first-order chi connectivity index (χ1) is 14.0. The van der Waals surface area contributed by atoms with Crippen LogP contribution in [0.4, 0.5) is 16.2 Å². The lowest BCUT2D eigenvalue weighted by atomic mass is 9.71. The van der Waals surface area contributed by atoms with Gasteiger partial charge in [0.25, 0.3) is 0 Å². The van der Waals surface area contributed by atoms with Gasteiger partial charge in [0, 0.05) is 42.8 Å². The molecule has 0 saturated carbocycles. The Morgan fingerprint density at radius 2 is 1.70 bits per heavy atom. The number of anilines is 1. The number of carbonyl (C=O) groups excluding carboxylic acids is 1. The molecule has 0 atom stereocenters. The van der Waals surface area contributed by atoms with E-state index in [2.05, 4.69) is 20.8 Å². The van der Waals surface area contributed by atoms with E-state index in [1.165, 1.54) is 13.2 Å². The molecule has 0 unspecified atom stereocenters. The Kier molecular flexibility index (Phi) is 6.50. The predicted octanol–water partition coefficient (Wildman–Crippen LogP) is 4.98. The molecule has 0 aromatic heterocycles. The Labute approximate surface area is 185 Å². The van der Waals surface area contributed by atoms with E-state index >= 15 is 0 Å². The van der Waals surface area contributed by atoms with Gasteiger partial charge in [0.05, 0.1) is 17.7 Å². The Morgan fingerprint density at radius 1 is 1.13 bits per heavy atom. The van der Waals surface area contributed by atoms with Crippen LogP contribution < -0.4 is 9.64 Å². The monoisotopic (exact) mass is 483 g/mol. The minimum Gasteiger partial charge on any atom is -0.490 e. The van der Waals surface area contributed by atoms with Crippen molar-refractivity contribution in [3.05, 3.63) is 26.7 Å². The number of likely N-dealkylation sites (tertiary alicyclic amines) is 1. The summed E-state index contributed by atoms with van der Waals surface area (Å²) in [7, 11) is 1.45. The number of methoxy groups -OCH3 is 1. The maximum Gasteiger partial charge on any atom is 0.410 e. The highest BCUT2D eigenvalue weighted by atomic mass is 79.9. The van der Waals surface area contributed by atoms with Gasteiger partial charge in [-0.25, -0.2) is 4.79 Å². The molecule has 2 saturated heterocycles. The van der Waals surface area contributed by atoms with E-state index < -0.39 is 10.5 Å². The lowest BCUT2D eigenvalue weighted by Crippen LogP contribution is -2.49. The fourth-order valence-corrected chi connectivity index (χ4v) is 4.87. The van der Waals surface area contributed by atoms with Crippen molar-refractivity contribution in [2.24, 2.45) is 5.41 Å². The molecule has 0 N–H and O–H groups in total. The average molecular weight is 484 g/mol. The van der Waals surface area contributed by atoms with Gasteiger partial charge in [-0.15, -0.1) is 0 Å². The van der Waals surface area contributed by atoms with Crippen LogP contribution in [0.1, 0.15) is 46.5 Å². The van der Waals surface area contributed by atoms with Gasteiger partial charge in [-0.3, -0.25) is 10.1 Å². The Morgan fingerprint density at radius 3 is 2.20 bits per heavy atom. The SMILES string of the molecule is COc1cc(N2CCC3(CCN(C(=O)OC(C)(C)C)CC3)CC2)c(Br)cc1[N+](=O)[O-]. The number of carbonyl (C=O) groups is 1. The molecule has 0 bridgehead atoms. The first kappa shape index (κ1) is 22.7. The third kappa shape index (κ3) is 4.99. The Bertz CT molecular complexity index is 806. The van der Waals surface area contributed by atoms with E-state index in [1.54, 1.807) is 6.07 Å². The van der Waals surface area contributed by atoms with Crippen LogP contribution in [0, 0.1) is 15.5 Å². The fourth-order valence-electron chi connectivity index (χ4n) is 4.29. The van der Waals surface area contributed by atoms with Crippen molar-refractivity contribution in [3.63, 3.8) is 0 Å². The van der Waals surface area contributed by atoms with Crippen LogP contribution in [0.15, 0.2) is 16.6 Å². The third-order valence-corrected chi connectivity index (χ3v) is 6.72. The average Bonchev–Trinajstić information content (AvgIpc) is 2.68. The molecular formula is C21H30BrN3O5. The van der Waals surface area contributed by atoms with Gasteiger partial charge in [0.15, 0.2) is 5.75 Å². The van der Waals surface area contributed by atoms with E-state index in [1.807, 2.05) is 25.7 Å². The summed E-state index contributed by atoms with van der Waals surface area (Å²) in [5, 5.41) is 11.2. The molecule has 1 spiro atoms. The number of rotatable bonds is 3. The van der Waals surface area contributed by atoms with E-state index in [0.29, 0.717) is 4.47 Å². The number of piperidine rings is 2. The van der Waals surface area contributed by atoms with E-state index in [4.69, 9.17) is 9.47 Å². The fraction of sp³-hybridized carbons (Fsp3) is 0.667. The lowest BCUT2D eigenvalue weighted by molar-refractivity contribution is -0.385. The maximum atomic E-state index is 12.3. The molecular weight excluding hydrogens is 454 g/mol. The van der Waals surface area contributed by atoms with Crippen LogP contribution in [-0.2, 0) is 4.74 Å². The highest BCUT2D eigenvalue weighted by Crippen LogP contribution is 2.45. The molecule has 3 rings (SSSR count). The van der Waals surface area contributed by atoms with Gasteiger partial charge in [0.1, 0.15) is 5.60 Å². The molecule has 30 heavy (non-hydrogen) atoms. The summed E-state index contributed by atoms with van der Waals surface area (Å²) in [4.78, 5) is 27.2. The largest absolute Gasteiger partial charge is 0.490 e. The number of amides is 1. The summed E-state index contributed by atoms with van der Waals surface area (Å²) >= 11 is 3.49. The standard InChI is InChI=1S/C21H30BrN3O5/c1-20(2,3)30-19(26)24-11-7-21(8-12-24)5-9-23(10-6-21)16-14-18(29-4)17(25(27)28)13-15(16)22/h13-14H,5-12H2,1-4H3. The molecule has 2 fully saturated rings. The molecule has 2 aliphatic rings. The summed E-state index contributed by atoms with van der Waals surface area (Å²) in [6.07, 6.45) is 3.79. The molecule has 0 radical (unpaired) electrons. The van der Waals surface area contributed by atoms with Crippen molar-refractivity contribution in [1.29, 1.82) is 0 Å². The lowest BCUT2D eigenvalue weighted by Gasteiger charge is -2.47. The third-order valence-electron chi connectivity index (χ3n) is 6.09. The van der Waals surface area contributed by atoms with Crippen molar-refractivity contribution in [3.8, 4) is 5.75 Å². The van der Waals surface area contributed by atoms with E-state index in [0.717, 1.165) is 57.5 Å². The number of benzene rings is 1. The van der Waals surface area contributed by atoms with Gasteiger partial charge in [0.2, 0.25) is 0 Å². The zero-order valence-electron chi connectivity index (χ0n) is 18.1. The van der Waals surface area contributed by atoms with Crippen molar-refractivity contribution in [1.82, 2.24) is 4.90 Å². The van der Waals surface area contributed by atoms with E-state index in [9.17, 15) is 14.9 Å². The van der Waals surface area contributed by atoms with Gasteiger partial charge >= 0.3 is 11.8 Å². The number of nitro benzene ring substituents is 1. The van der Waals surface area contributed by atoms with Crippen molar-refractivity contribution < 1.29 is 19.2 Å². The number of nitrogens with zero attached hydrogens (tertiary/aromatic N) is 3. The normalized spacial score (nSPS) is 19.0. The quantitative estimate of drug-likeness (QED) is 0.444. The highest BCUT2D eigenvalue weighted by molar-refractivity contribution is 9.10. The van der Waals surface area contributed by atoms with Crippen molar-refractivity contribution in [2.75, 3.05) is 38.2 Å². The first-order valence-corrected chi connectivity index (χ1v) is 11.1. The molecule has 166 valence electrons. The second-order valence-electron chi connectivity index (χ2n) is 9.19. The summed E-state index contributed by atoms with van der Waals surface area (Å²) in [6.45, 7) is 8.85. The molecule has 9 heteroatoms. The molecule has 1 amide bonds. The van der Waals surface area contributed by atoms with Gasteiger partial charge in [-0.1, -0.05) is 0 Å². The number of nitro groups is 1. The van der Waals surface area contributed by atoms with Gasteiger partial charge < -0.3 is 19.3 Å². The number of hydrogen-bond acceptors (Lipinski definition) is 6. The second kappa shape index (κ2) is 8.61. The van der Waals surface area contributed by atoms with Crippen LogP contribution >= 0.6 is 15.9 Å². The second-order valence-corrected chi connectivity index (χ2v) is 10.0. The summed E-state index contributed by atoms with van der Waals surface area (Å²) < 4.78 is 11.4. The van der Waals surface area contributed by atoms with Crippen molar-refractivity contribution >= 4 is 33.4 Å². The topological polar surface area (TPSA) is 85.2 Å². The van der Waals surface area contributed by atoms with Gasteiger partial charge in [-0.2, -0.15) is 0 Å². The molecule has 2 aliphatic heterocycles. The summed E-state index contributed by atoms with van der Waals surface area (Å²) in [5.74, 6) is 0.268.